The molecule has 0 aliphatic heterocycles. The van der Waals surface area contributed by atoms with E-state index in [0.29, 0.717) is 18.1 Å². The highest BCUT2D eigenvalue weighted by atomic mass is 16.5. The van der Waals surface area contributed by atoms with Crippen molar-refractivity contribution in [3.05, 3.63) is 24.3 Å². The highest BCUT2D eigenvalue weighted by Crippen LogP contribution is 2.43. The van der Waals surface area contributed by atoms with Gasteiger partial charge in [0.1, 0.15) is 6.29 Å². The van der Waals surface area contributed by atoms with Crippen LogP contribution in [-0.2, 0) is 9.53 Å². The Bertz CT molecular complexity index is 468. The third kappa shape index (κ3) is 11.5. The van der Waals surface area contributed by atoms with E-state index in [9.17, 15) is 9.90 Å². The molecule has 0 aromatic carbocycles. The maximum Gasteiger partial charge on any atom is 0.145 e. The fraction of sp³-hybridized carbons (Fsp3) is 0.815. The largest absolute Gasteiger partial charge is 0.396 e. The summed E-state index contributed by atoms with van der Waals surface area (Å²) in [4.78, 5) is 9.41. The van der Waals surface area contributed by atoms with E-state index in [1.807, 2.05) is 0 Å². The summed E-state index contributed by atoms with van der Waals surface area (Å²) >= 11 is 0. The molecule has 2 fully saturated rings. The van der Waals surface area contributed by atoms with Crippen LogP contribution in [0.4, 0.5) is 0 Å². The molecule has 2 saturated carbocycles. The summed E-state index contributed by atoms with van der Waals surface area (Å²) < 4.78 is 5.21. The first-order valence-electron chi connectivity index (χ1n) is 12.4. The van der Waals surface area contributed by atoms with Crippen molar-refractivity contribution in [1.29, 1.82) is 0 Å². The molecule has 1 atom stereocenters. The molecule has 0 saturated heterocycles. The molecule has 0 heterocycles. The molecule has 2 aliphatic rings. The molecule has 1 N–H and O–H groups in total. The Morgan fingerprint density at radius 2 is 1.53 bits per heavy atom. The molecule has 3 nitrogen and oxygen atoms in total. The minimum absolute atomic E-state index is 0.278. The predicted octanol–water partition coefficient (Wildman–Crippen LogP) is 6.75. The highest BCUT2D eigenvalue weighted by molar-refractivity contribution is 5.70. The lowest BCUT2D eigenvalue weighted by molar-refractivity contribution is -0.104. The van der Waals surface area contributed by atoms with E-state index in [2.05, 4.69) is 25.7 Å². The number of carbonyl (C=O) groups is 1. The van der Waals surface area contributed by atoms with Crippen molar-refractivity contribution >= 4 is 6.29 Å². The topological polar surface area (TPSA) is 46.5 Å². The van der Waals surface area contributed by atoms with E-state index < -0.39 is 0 Å². The van der Waals surface area contributed by atoms with Crippen LogP contribution >= 0.6 is 0 Å². The predicted molar refractivity (Wildman–Crippen MR) is 128 cm³/mol. The van der Waals surface area contributed by atoms with Crippen LogP contribution in [0.5, 0.6) is 0 Å². The quantitative estimate of drug-likeness (QED) is 0.228. The number of aliphatic hydroxyl groups excluding tert-OH is 1. The maximum absolute atomic E-state index is 9.41. The van der Waals surface area contributed by atoms with Crippen LogP contribution in [0.25, 0.3) is 0 Å². The van der Waals surface area contributed by atoms with Crippen molar-refractivity contribution in [2.24, 2.45) is 29.6 Å². The number of ether oxygens (including phenoxy) is 1. The third-order valence-electron chi connectivity index (χ3n) is 7.27. The number of rotatable bonds is 11. The van der Waals surface area contributed by atoms with Gasteiger partial charge in [0.15, 0.2) is 0 Å². The van der Waals surface area contributed by atoms with Crippen LogP contribution in [0.15, 0.2) is 24.3 Å². The molecule has 0 spiro atoms. The highest BCUT2D eigenvalue weighted by Gasteiger charge is 2.30. The summed E-state index contributed by atoms with van der Waals surface area (Å²) in [6.45, 7) is 8.09. The summed E-state index contributed by atoms with van der Waals surface area (Å²) in [5, 5.41) is 9.40. The number of allylic oxidation sites excluding steroid dienone is 3. The van der Waals surface area contributed by atoms with Crippen LogP contribution in [0.2, 0.25) is 0 Å². The normalized spacial score (nSPS) is 27.9. The first kappa shape index (κ1) is 27.1. The molecule has 2 rings (SSSR count). The Morgan fingerprint density at radius 3 is 1.93 bits per heavy atom. The van der Waals surface area contributed by atoms with Crippen LogP contribution in [0, 0.1) is 29.6 Å². The zero-order chi connectivity index (χ0) is 22.2. The molecule has 0 radical (unpaired) electrons. The molecule has 0 aromatic rings. The zero-order valence-electron chi connectivity index (χ0n) is 20.0. The van der Waals surface area contributed by atoms with Gasteiger partial charge in [0.05, 0.1) is 6.61 Å². The molecule has 3 heteroatoms. The van der Waals surface area contributed by atoms with Gasteiger partial charge in [0.25, 0.3) is 0 Å². The summed E-state index contributed by atoms with van der Waals surface area (Å²) in [6, 6.07) is 0. The monoisotopic (exact) mass is 420 g/mol. The van der Waals surface area contributed by atoms with E-state index in [1.54, 1.807) is 14.0 Å². The molecule has 0 aromatic heterocycles. The lowest BCUT2D eigenvalue weighted by Gasteiger charge is -2.38. The Labute approximate surface area is 186 Å². The van der Waals surface area contributed by atoms with E-state index in [0.717, 1.165) is 36.4 Å². The van der Waals surface area contributed by atoms with E-state index in [-0.39, 0.29) is 6.61 Å². The van der Waals surface area contributed by atoms with Crippen LogP contribution in [0.1, 0.15) is 90.9 Å². The second kappa shape index (κ2) is 16.7. The van der Waals surface area contributed by atoms with Gasteiger partial charge in [-0.2, -0.15) is 0 Å². The molecule has 30 heavy (non-hydrogen) atoms. The average molecular weight is 421 g/mol. The van der Waals surface area contributed by atoms with Gasteiger partial charge in [-0.1, -0.05) is 50.8 Å². The van der Waals surface area contributed by atoms with Crippen molar-refractivity contribution in [2.45, 2.75) is 90.9 Å². The van der Waals surface area contributed by atoms with Crippen molar-refractivity contribution in [2.75, 3.05) is 20.3 Å². The Kier molecular flexibility index (Phi) is 15.1. The number of carbonyl (C=O) groups excluding carboxylic acids is 1. The van der Waals surface area contributed by atoms with Gasteiger partial charge >= 0.3 is 0 Å². The second-order valence-electron chi connectivity index (χ2n) is 9.75. The number of methoxy groups -OCH3 is 1. The lowest BCUT2D eigenvalue weighted by atomic mass is 9.68. The lowest BCUT2D eigenvalue weighted by Crippen LogP contribution is -2.26. The fourth-order valence-corrected chi connectivity index (χ4v) is 5.33. The van der Waals surface area contributed by atoms with Crippen LogP contribution in [0.3, 0.4) is 0 Å². The van der Waals surface area contributed by atoms with Gasteiger partial charge in [0.2, 0.25) is 0 Å². The first-order valence-corrected chi connectivity index (χ1v) is 12.4. The Morgan fingerprint density at radius 1 is 1.03 bits per heavy atom. The van der Waals surface area contributed by atoms with Crippen molar-refractivity contribution in [3.63, 3.8) is 0 Å². The number of hydrogen-bond acceptors (Lipinski definition) is 3. The van der Waals surface area contributed by atoms with Crippen LogP contribution < -0.4 is 0 Å². The minimum Gasteiger partial charge on any atom is -0.396 e. The Hall–Kier alpha value is -0.930. The summed E-state index contributed by atoms with van der Waals surface area (Å²) in [5.41, 5.74) is 0.574. The summed E-state index contributed by atoms with van der Waals surface area (Å²) in [5.74, 6) is 4.29. The molecular formula is C27H48O3. The van der Waals surface area contributed by atoms with Crippen molar-refractivity contribution in [3.8, 4) is 0 Å². The molecular weight excluding hydrogens is 372 g/mol. The molecule has 0 bridgehead atoms. The smallest absolute Gasteiger partial charge is 0.145 e. The van der Waals surface area contributed by atoms with Gasteiger partial charge < -0.3 is 9.84 Å². The zero-order valence-corrected chi connectivity index (χ0v) is 20.0. The second-order valence-corrected chi connectivity index (χ2v) is 9.75. The SMILES string of the molecule is C/C=C/CCC1CCC(C2CCC(CCC(CO)COC)CC2)CC1.C=C(C)C=O. The fourth-order valence-electron chi connectivity index (χ4n) is 5.33. The average Bonchev–Trinajstić information content (AvgIpc) is 2.78. The van der Waals surface area contributed by atoms with Gasteiger partial charge in [0, 0.05) is 19.6 Å². The van der Waals surface area contributed by atoms with E-state index in [4.69, 9.17) is 4.74 Å². The van der Waals surface area contributed by atoms with Gasteiger partial charge in [-0.3, -0.25) is 4.79 Å². The van der Waals surface area contributed by atoms with E-state index >= 15 is 0 Å². The number of hydrogen-bond donors (Lipinski definition) is 1. The van der Waals surface area contributed by atoms with Gasteiger partial charge in [-0.15, -0.1) is 0 Å². The van der Waals surface area contributed by atoms with E-state index in [1.165, 1.54) is 70.6 Å². The first-order chi connectivity index (χ1) is 14.5. The molecule has 0 amide bonds. The number of aliphatic hydroxyl groups is 1. The maximum atomic E-state index is 9.41. The molecule has 1 unspecified atom stereocenters. The van der Waals surface area contributed by atoms with Crippen molar-refractivity contribution < 1.29 is 14.6 Å². The number of aldehydes is 1. The third-order valence-corrected chi connectivity index (χ3v) is 7.27. The standard InChI is InChI=1S/C23H42O2.C4H6O/c1-3-4-5-6-19-9-13-22(14-10-19)23-15-11-20(12-16-23)7-8-21(17-24)18-25-2;1-4(2)3-5/h3-4,19-24H,5-18H2,1-2H3;3H,1H2,2H3/b4-3+;. The van der Waals surface area contributed by atoms with Gasteiger partial charge in [-0.25, -0.2) is 0 Å². The van der Waals surface area contributed by atoms with Crippen LogP contribution in [-0.4, -0.2) is 31.7 Å². The Balaban J connectivity index is 0.000000804. The molecule has 2 aliphatic carbocycles. The minimum atomic E-state index is 0.278. The molecule has 174 valence electrons. The van der Waals surface area contributed by atoms with Gasteiger partial charge in [-0.05, 0) is 88.0 Å². The summed E-state index contributed by atoms with van der Waals surface area (Å²) in [6.07, 6.45) is 22.1. The van der Waals surface area contributed by atoms with Crippen molar-refractivity contribution in [1.82, 2.24) is 0 Å². The summed E-state index contributed by atoms with van der Waals surface area (Å²) in [7, 11) is 1.74.